The molecule has 2 N–H and O–H groups in total. The van der Waals surface area contributed by atoms with E-state index in [0.717, 1.165) is 30.6 Å². The number of anilines is 1. The van der Waals surface area contributed by atoms with Crippen molar-refractivity contribution in [3.05, 3.63) is 53.9 Å². The highest BCUT2D eigenvalue weighted by atomic mass is 16.5. The largest absolute Gasteiger partial charge is 0.497 e. The number of benzene rings is 1. The van der Waals surface area contributed by atoms with Gasteiger partial charge in [-0.3, -0.25) is 4.90 Å². The van der Waals surface area contributed by atoms with E-state index in [0.29, 0.717) is 35.5 Å². The molecule has 5 heterocycles. The number of nitrogen functional groups attached to an aromatic ring is 1. The van der Waals surface area contributed by atoms with Crippen molar-refractivity contribution < 1.29 is 9.15 Å². The number of hydrogen-bond donors (Lipinski definition) is 1. The fraction of sp³-hybridized carbons (Fsp3) is 0.304. The van der Waals surface area contributed by atoms with Crippen molar-refractivity contribution in [1.82, 2.24) is 34.3 Å². The van der Waals surface area contributed by atoms with Crippen LogP contribution in [0.25, 0.3) is 28.3 Å². The van der Waals surface area contributed by atoms with Gasteiger partial charge in [0.05, 0.1) is 31.5 Å². The summed E-state index contributed by atoms with van der Waals surface area (Å²) in [5, 5.41) is 9.84. The Kier molecular flexibility index (Phi) is 4.54. The molecule has 1 aliphatic rings. The third kappa shape index (κ3) is 3.30. The van der Waals surface area contributed by atoms with Crippen molar-refractivity contribution in [2.75, 3.05) is 19.4 Å². The number of nitrogens with zero attached hydrogens (tertiary/aromatic N) is 7. The van der Waals surface area contributed by atoms with Gasteiger partial charge in [-0.05, 0) is 48.7 Å². The molecule has 168 valence electrons. The third-order valence-corrected chi connectivity index (χ3v) is 6.36. The fourth-order valence-corrected chi connectivity index (χ4v) is 4.55. The zero-order valence-corrected chi connectivity index (χ0v) is 18.5. The molecular weight excluding hydrogens is 420 g/mol. The summed E-state index contributed by atoms with van der Waals surface area (Å²) in [7, 11) is 1.70. The van der Waals surface area contributed by atoms with Crippen LogP contribution < -0.4 is 10.5 Å². The molecule has 1 atom stereocenters. The lowest BCUT2D eigenvalue weighted by atomic mass is 9.94. The van der Waals surface area contributed by atoms with E-state index < -0.39 is 0 Å². The van der Waals surface area contributed by atoms with E-state index >= 15 is 0 Å². The molecule has 0 fully saturated rings. The van der Waals surface area contributed by atoms with Crippen molar-refractivity contribution in [1.29, 1.82) is 0 Å². The van der Waals surface area contributed by atoms with E-state index in [-0.39, 0.29) is 5.95 Å². The molecule has 1 unspecified atom stereocenters. The summed E-state index contributed by atoms with van der Waals surface area (Å²) < 4.78 is 14.3. The first-order valence-electron chi connectivity index (χ1n) is 10.9. The van der Waals surface area contributed by atoms with Crippen LogP contribution in [0.4, 0.5) is 5.95 Å². The molecular formula is C23H24N8O2. The van der Waals surface area contributed by atoms with E-state index in [1.54, 1.807) is 25.6 Å². The monoisotopic (exact) mass is 444 g/mol. The van der Waals surface area contributed by atoms with E-state index in [4.69, 9.17) is 14.9 Å². The Morgan fingerprint density at radius 3 is 2.88 bits per heavy atom. The molecule has 10 heteroatoms. The number of hydrogen-bond acceptors (Lipinski definition) is 8. The minimum atomic E-state index is 0.261. The van der Waals surface area contributed by atoms with Crippen molar-refractivity contribution in [3.8, 4) is 17.3 Å². The molecule has 5 aromatic rings. The number of methoxy groups -OCH3 is 1. The van der Waals surface area contributed by atoms with Crippen LogP contribution in [0.3, 0.4) is 0 Å². The van der Waals surface area contributed by atoms with Crippen molar-refractivity contribution in [2.24, 2.45) is 0 Å². The van der Waals surface area contributed by atoms with Crippen LogP contribution in [0.15, 0.2) is 47.2 Å². The molecule has 0 aliphatic carbocycles. The van der Waals surface area contributed by atoms with Gasteiger partial charge in [-0.25, -0.2) is 9.67 Å². The first kappa shape index (κ1) is 19.7. The first-order valence-corrected chi connectivity index (χ1v) is 10.9. The summed E-state index contributed by atoms with van der Waals surface area (Å²) in [4.78, 5) is 11.7. The number of aromatic nitrogens is 6. The van der Waals surface area contributed by atoms with Gasteiger partial charge in [-0.2, -0.15) is 14.6 Å². The normalized spacial score (nSPS) is 16.5. The van der Waals surface area contributed by atoms with Gasteiger partial charge in [0.25, 0.3) is 0 Å². The number of ether oxygens (including phenoxy) is 1. The first-order chi connectivity index (χ1) is 16.1. The Morgan fingerprint density at radius 2 is 2.06 bits per heavy atom. The second-order valence-corrected chi connectivity index (χ2v) is 8.38. The molecule has 10 nitrogen and oxygen atoms in total. The lowest BCUT2D eigenvalue weighted by molar-refractivity contribution is 0.175. The molecule has 1 aliphatic heterocycles. The maximum Gasteiger partial charge on any atom is 0.225 e. The standard InChI is InChI=1S/C23H24N8O2/c1-14-10-15-5-6-17(32-2)11-16(15)13-29(14)7-8-30-21-18(12-25-30)22-26-20(19-4-3-9-33-19)28-31(22)23(24)27-21/h3-6,9,11-12,14H,7-8,10,13H2,1-2H3,(H2,24,27). The molecule has 0 radical (unpaired) electrons. The Hall–Kier alpha value is -3.92. The highest BCUT2D eigenvalue weighted by Gasteiger charge is 2.24. The average molecular weight is 444 g/mol. The van der Waals surface area contributed by atoms with Gasteiger partial charge >= 0.3 is 0 Å². The van der Waals surface area contributed by atoms with Crippen LogP contribution in [-0.2, 0) is 19.5 Å². The molecule has 33 heavy (non-hydrogen) atoms. The summed E-state index contributed by atoms with van der Waals surface area (Å²) in [5.41, 5.74) is 10.2. The summed E-state index contributed by atoms with van der Waals surface area (Å²) >= 11 is 0. The lowest BCUT2D eigenvalue weighted by Gasteiger charge is -2.35. The highest BCUT2D eigenvalue weighted by Crippen LogP contribution is 2.27. The van der Waals surface area contributed by atoms with Crippen LogP contribution in [0.2, 0.25) is 0 Å². The van der Waals surface area contributed by atoms with E-state index in [1.165, 1.54) is 15.6 Å². The SMILES string of the molecule is COc1ccc2c(c1)CN(CCn1ncc3c1nc(N)n1nc(-c4ccco4)nc31)C(C)C2. The van der Waals surface area contributed by atoms with Gasteiger partial charge in [0.2, 0.25) is 11.8 Å². The van der Waals surface area contributed by atoms with Crippen molar-refractivity contribution in [3.63, 3.8) is 0 Å². The Labute approximate surface area is 189 Å². The summed E-state index contributed by atoms with van der Waals surface area (Å²) in [6, 6.07) is 10.4. The van der Waals surface area contributed by atoms with Crippen LogP contribution in [0.5, 0.6) is 5.75 Å². The maximum atomic E-state index is 6.21. The maximum absolute atomic E-state index is 6.21. The third-order valence-electron chi connectivity index (χ3n) is 6.36. The predicted molar refractivity (Wildman–Crippen MR) is 123 cm³/mol. The summed E-state index contributed by atoms with van der Waals surface area (Å²) in [6.45, 7) is 4.67. The number of furan rings is 1. The molecule has 1 aromatic carbocycles. The van der Waals surface area contributed by atoms with Gasteiger partial charge in [0, 0.05) is 19.1 Å². The van der Waals surface area contributed by atoms with Crippen LogP contribution in [-0.4, -0.2) is 54.0 Å². The van der Waals surface area contributed by atoms with E-state index in [9.17, 15) is 0 Å². The van der Waals surface area contributed by atoms with Crippen LogP contribution in [0.1, 0.15) is 18.1 Å². The predicted octanol–water partition coefficient (Wildman–Crippen LogP) is 2.77. The van der Waals surface area contributed by atoms with Gasteiger partial charge < -0.3 is 14.9 Å². The highest BCUT2D eigenvalue weighted by molar-refractivity contribution is 5.90. The molecule has 0 bridgehead atoms. The Bertz CT molecular complexity index is 1450. The summed E-state index contributed by atoms with van der Waals surface area (Å²) in [6.07, 6.45) is 4.38. The van der Waals surface area contributed by atoms with E-state index in [2.05, 4.69) is 44.1 Å². The molecule has 0 amide bonds. The van der Waals surface area contributed by atoms with Crippen molar-refractivity contribution >= 4 is 22.6 Å². The quantitative estimate of drug-likeness (QED) is 0.440. The smallest absolute Gasteiger partial charge is 0.225 e. The zero-order chi connectivity index (χ0) is 22.5. The zero-order valence-electron chi connectivity index (χ0n) is 18.5. The molecule has 0 spiro atoms. The molecule has 0 saturated heterocycles. The second-order valence-electron chi connectivity index (χ2n) is 8.38. The van der Waals surface area contributed by atoms with Gasteiger partial charge in [-0.1, -0.05) is 6.07 Å². The van der Waals surface area contributed by atoms with E-state index in [1.807, 2.05) is 16.8 Å². The molecule has 4 aromatic heterocycles. The van der Waals surface area contributed by atoms with Gasteiger partial charge in [0.15, 0.2) is 17.1 Å². The minimum absolute atomic E-state index is 0.261. The Balaban J connectivity index is 1.28. The van der Waals surface area contributed by atoms with Crippen molar-refractivity contribution in [2.45, 2.75) is 32.5 Å². The Morgan fingerprint density at radius 1 is 1.15 bits per heavy atom. The molecule has 0 saturated carbocycles. The second kappa shape index (κ2) is 7.59. The fourth-order valence-electron chi connectivity index (χ4n) is 4.55. The van der Waals surface area contributed by atoms with Crippen LogP contribution in [0, 0.1) is 0 Å². The topological polar surface area (TPSA) is 113 Å². The minimum Gasteiger partial charge on any atom is -0.497 e. The molecule has 6 rings (SSSR count). The number of rotatable bonds is 5. The average Bonchev–Trinajstić information content (AvgIpc) is 3.57. The van der Waals surface area contributed by atoms with Gasteiger partial charge in [-0.15, -0.1) is 5.10 Å². The number of fused-ring (bicyclic) bond motifs is 4. The van der Waals surface area contributed by atoms with Gasteiger partial charge in [0.1, 0.15) is 5.75 Å². The van der Waals surface area contributed by atoms with Crippen LogP contribution >= 0.6 is 0 Å². The lowest BCUT2D eigenvalue weighted by Crippen LogP contribution is -2.40. The summed E-state index contributed by atoms with van der Waals surface area (Å²) in [5.74, 6) is 2.20. The number of nitrogens with two attached hydrogens (primary N) is 1.